The van der Waals surface area contributed by atoms with E-state index in [4.69, 9.17) is 0 Å². The molecule has 0 aromatic carbocycles. The molecule has 86 valence electrons. The van der Waals surface area contributed by atoms with Crippen molar-refractivity contribution in [1.82, 2.24) is 0 Å². The number of hydrogen-bond donors (Lipinski definition) is 0. The topological polar surface area (TPSA) is 0 Å². The van der Waals surface area contributed by atoms with Gasteiger partial charge < -0.3 is 0 Å². The molecule has 1 unspecified atom stereocenters. The first-order chi connectivity index (χ1) is 7.11. The van der Waals surface area contributed by atoms with Crippen LogP contribution in [-0.4, -0.2) is 0 Å². The van der Waals surface area contributed by atoms with Gasteiger partial charge >= 0.3 is 0 Å². The summed E-state index contributed by atoms with van der Waals surface area (Å²) in [5.74, 6) is 0.863. The van der Waals surface area contributed by atoms with E-state index in [0.717, 1.165) is 5.92 Å². The van der Waals surface area contributed by atoms with Crippen LogP contribution >= 0.6 is 0 Å². The minimum Gasteiger partial charge on any atom is -0.0702 e. The summed E-state index contributed by atoms with van der Waals surface area (Å²) in [5.41, 5.74) is 4.21. The van der Waals surface area contributed by atoms with Crippen LogP contribution in [0.1, 0.15) is 72.1 Å². The highest BCUT2D eigenvalue weighted by Crippen LogP contribution is 2.47. The molecule has 0 aliphatic heterocycles. The zero-order valence-electron chi connectivity index (χ0n) is 10.7. The predicted octanol–water partition coefficient (Wildman–Crippen LogP) is 5.09. The van der Waals surface area contributed by atoms with Crippen molar-refractivity contribution in [3.63, 3.8) is 0 Å². The molecule has 0 radical (unpaired) electrons. The van der Waals surface area contributed by atoms with E-state index in [-0.39, 0.29) is 0 Å². The van der Waals surface area contributed by atoms with E-state index in [1.165, 1.54) is 51.4 Å². The highest BCUT2D eigenvalue weighted by molar-refractivity contribution is 5.25. The lowest BCUT2D eigenvalue weighted by Crippen LogP contribution is -2.27. The Kier molecular flexibility index (Phi) is 3.23. The van der Waals surface area contributed by atoms with Gasteiger partial charge in [-0.05, 0) is 49.9 Å². The van der Waals surface area contributed by atoms with Gasteiger partial charge in [0.25, 0.3) is 0 Å². The Balaban J connectivity index is 2.28. The molecule has 15 heavy (non-hydrogen) atoms. The monoisotopic (exact) mass is 206 g/mol. The van der Waals surface area contributed by atoms with Gasteiger partial charge in [-0.25, -0.2) is 0 Å². The van der Waals surface area contributed by atoms with E-state index < -0.39 is 0 Å². The summed E-state index contributed by atoms with van der Waals surface area (Å²) in [7, 11) is 0. The molecule has 0 heterocycles. The van der Waals surface area contributed by atoms with Crippen molar-refractivity contribution in [1.29, 1.82) is 0 Å². The first-order valence-corrected chi connectivity index (χ1v) is 6.83. The summed E-state index contributed by atoms with van der Waals surface area (Å²) in [4.78, 5) is 0. The van der Waals surface area contributed by atoms with Crippen molar-refractivity contribution in [2.24, 2.45) is 11.3 Å². The second-order valence-electron chi connectivity index (χ2n) is 6.26. The Morgan fingerprint density at radius 1 is 1.00 bits per heavy atom. The maximum absolute atomic E-state index is 2.47. The van der Waals surface area contributed by atoms with Crippen molar-refractivity contribution < 1.29 is 0 Å². The van der Waals surface area contributed by atoms with Crippen LogP contribution in [0.4, 0.5) is 0 Å². The fourth-order valence-electron chi connectivity index (χ4n) is 3.87. The molecule has 2 saturated carbocycles. The molecule has 1 atom stereocenters. The molecular formula is C15H26. The highest BCUT2D eigenvalue weighted by atomic mass is 14.4. The molecule has 0 aromatic heterocycles. The van der Waals surface area contributed by atoms with Gasteiger partial charge in [-0.3, -0.25) is 0 Å². The first-order valence-electron chi connectivity index (χ1n) is 6.83. The molecule has 0 bridgehead atoms. The zero-order valence-corrected chi connectivity index (χ0v) is 10.7. The van der Waals surface area contributed by atoms with E-state index in [9.17, 15) is 0 Å². The predicted molar refractivity (Wildman–Crippen MR) is 66.9 cm³/mol. The Labute approximate surface area is 95.1 Å². The summed E-state index contributed by atoms with van der Waals surface area (Å²) in [6.07, 6.45) is 11.4. The van der Waals surface area contributed by atoms with Crippen molar-refractivity contribution in [2.75, 3.05) is 0 Å². The fraction of sp³-hybridized carbons (Fsp3) is 0.867. The molecule has 2 rings (SSSR count). The number of rotatable bonds is 0. The van der Waals surface area contributed by atoms with Gasteiger partial charge in [-0.15, -0.1) is 0 Å². The summed E-state index contributed by atoms with van der Waals surface area (Å²) in [5, 5.41) is 0. The average Bonchev–Trinajstić information content (AvgIpc) is 2.17. The third-order valence-electron chi connectivity index (χ3n) is 4.50. The minimum absolute atomic E-state index is 0.504. The van der Waals surface area contributed by atoms with E-state index in [0.29, 0.717) is 5.41 Å². The van der Waals surface area contributed by atoms with Crippen LogP contribution in [0.25, 0.3) is 0 Å². The highest BCUT2D eigenvalue weighted by Gasteiger charge is 2.33. The minimum atomic E-state index is 0.504. The molecule has 0 aromatic rings. The molecular weight excluding hydrogens is 180 g/mol. The van der Waals surface area contributed by atoms with E-state index in [1.807, 2.05) is 11.1 Å². The Morgan fingerprint density at radius 3 is 2.27 bits per heavy atom. The zero-order chi connectivity index (χ0) is 10.9. The van der Waals surface area contributed by atoms with E-state index in [2.05, 4.69) is 20.8 Å². The summed E-state index contributed by atoms with van der Waals surface area (Å²) in [6, 6.07) is 0. The molecule has 0 heteroatoms. The van der Waals surface area contributed by atoms with Crippen LogP contribution in [0.15, 0.2) is 11.1 Å². The Hall–Kier alpha value is -0.260. The summed E-state index contributed by atoms with van der Waals surface area (Å²) < 4.78 is 0. The molecule has 0 N–H and O–H groups in total. The van der Waals surface area contributed by atoms with Crippen LogP contribution in [0.2, 0.25) is 0 Å². The molecule has 2 aliphatic carbocycles. The number of hydrogen-bond acceptors (Lipinski definition) is 0. The lowest BCUT2D eigenvalue weighted by molar-refractivity contribution is 0.281. The van der Waals surface area contributed by atoms with Gasteiger partial charge in [0.15, 0.2) is 0 Å². The maximum Gasteiger partial charge on any atom is -0.0139 e. The van der Waals surface area contributed by atoms with Gasteiger partial charge in [0, 0.05) is 0 Å². The van der Waals surface area contributed by atoms with Crippen LogP contribution in [0.3, 0.4) is 0 Å². The third kappa shape index (κ3) is 2.29. The molecule has 0 nitrogen and oxygen atoms in total. The molecule has 2 fully saturated rings. The third-order valence-corrected chi connectivity index (χ3v) is 4.50. The van der Waals surface area contributed by atoms with E-state index >= 15 is 0 Å². The normalized spacial score (nSPS) is 31.8. The van der Waals surface area contributed by atoms with Crippen molar-refractivity contribution in [3.8, 4) is 0 Å². The fourth-order valence-corrected chi connectivity index (χ4v) is 3.87. The lowest BCUT2D eigenvalue weighted by Gasteiger charge is -2.40. The number of allylic oxidation sites excluding steroid dienone is 2. The van der Waals surface area contributed by atoms with Gasteiger partial charge in [0.1, 0.15) is 0 Å². The van der Waals surface area contributed by atoms with Crippen LogP contribution in [0.5, 0.6) is 0 Å². The quantitative estimate of drug-likeness (QED) is 0.484. The SMILES string of the molecule is CC1CCCC(C)(C)C1=C1CCCCC1. The Bertz CT molecular complexity index is 249. The Morgan fingerprint density at radius 2 is 1.67 bits per heavy atom. The van der Waals surface area contributed by atoms with Gasteiger partial charge in [0.05, 0.1) is 0 Å². The van der Waals surface area contributed by atoms with Crippen LogP contribution in [-0.2, 0) is 0 Å². The molecule has 2 aliphatic rings. The summed E-state index contributed by atoms with van der Waals surface area (Å²) in [6.45, 7) is 7.40. The summed E-state index contributed by atoms with van der Waals surface area (Å²) >= 11 is 0. The maximum atomic E-state index is 2.47. The standard InChI is InChI=1S/C15H26/c1-12-8-7-11-15(2,3)14(12)13-9-5-4-6-10-13/h12H,4-11H2,1-3H3. The lowest BCUT2D eigenvalue weighted by atomic mass is 9.65. The second-order valence-corrected chi connectivity index (χ2v) is 6.26. The average molecular weight is 206 g/mol. The van der Waals surface area contributed by atoms with Gasteiger partial charge in [-0.1, -0.05) is 44.8 Å². The van der Waals surface area contributed by atoms with Crippen LogP contribution < -0.4 is 0 Å². The van der Waals surface area contributed by atoms with Crippen molar-refractivity contribution in [3.05, 3.63) is 11.1 Å². The largest absolute Gasteiger partial charge is 0.0702 e. The first kappa shape index (κ1) is 11.2. The van der Waals surface area contributed by atoms with Crippen molar-refractivity contribution >= 4 is 0 Å². The van der Waals surface area contributed by atoms with E-state index in [1.54, 1.807) is 0 Å². The second kappa shape index (κ2) is 4.31. The van der Waals surface area contributed by atoms with Crippen molar-refractivity contribution in [2.45, 2.75) is 72.1 Å². The molecule has 0 spiro atoms. The van der Waals surface area contributed by atoms with Gasteiger partial charge in [-0.2, -0.15) is 0 Å². The van der Waals surface area contributed by atoms with Crippen LogP contribution in [0, 0.1) is 11.3 Å². The van der Waals surface area contributed by atoms with Gasteiger partial charge in [0.2, 0.25) is 0 Å². The molecule has 0 saturated heterocycles. The smallest absolute Gasteiger partial charge is 0.0139 e. The molecule has 0 amide bonds.